The van der Waals surface area contributed by atoms with E-state index < -0.39 is 5.60 Å². The van der Waals surface area contributed by atoms with Crippen molar-refractivity contribution >= 4 is 23.5 Å². The van der Waals surface area contributed by atoms with Crippen molar-refractivity contribution in [2.75, 3.05) is 17.6 Å². The zero-order valence-corrected chi connectivity index (χ0v) is 17.6. The molecule has 0 saturated carbocycles. The summed E-state index contributed by atoms with van der Waals surface area (Å²) < 4.78 is 5.55. The number of nitrogens with one attached hydrogen (secondary N) is 1. The van der Waals surface area contributed by atoms with Gasteiger partial charge < -0.3 is 20.7 Å². The van der Waals surface area contributed by atoms with Crippen molar-refractivity contribution in [2.24, 2.45) is 0 Å². The summed E-state index contributed by atoms with van der Waals surface area (Å²) >= 11 is 0. The number of carbonyl (C=O) groups is 2. The normalized spacial score (nSPS) is 15.4. The average molecular weight is 396 g/mol. The van der Waals surface area contributed by atoms with Gasteiger partial charge in [-0.2, -0.15) is 0 Å². The van der Waals surface area contributed by atoms with Gasteiger partial charge in [0.1, 0.15) is 11.4 Å². The summed E-state index contributed by atoms with van der Waals surface area (Å²) in [6.07, 6.45) is 1.20. The number of aromatic nitrogens is 1. The number of hydrogen-bond donors (Lipinski definition) is 2. The maximum atomic E-state index is 12.6. The van der Waals surface area contributed by atoms with Crippen LogP contribution in [0.2, 0.25) is 0 Å². The first-order chi connectivity index (χ1) is 13.5. The summed E-state index contributed by atoms with van der Waals surface area (Å²) in [4.78, 5) is 30.8. The van der Waals surface area contributed by atoms with Gasteiger partial charge in [-0.25, -0.2) is 9.78 Å². The predicted octanol–water partition coefficient (Wildman–Crippen LogP) is 3.94. The van der Waals surface area contributed by atoms with Gasteiger partial charge in [0, 0.05) is 30.4 Å². The summed E-state index contributed by atoms with van der Waals surface area (Å²) in [6.45, 7) is 10.7. The van der Waals surface area contributed by atoms with Crippen LogP contribution in [0.1, 0.15) is 56.1 Å². The van der Waals surface area contributed by atoms with E-state index in [1.807, 2.05) is 39.0 Å². The fourth-order valence-corrected chi connectivity index (χ4v) is 3.55. The van der Waals surface area contributed by atoms with Gasteiger partial charge >= 0.3 is 6.09 Å². The fourth-order valence-electron chi connectivity index (χ4n) is 3.55. The molecule has 0 spiro atoms. The van der Waals surface area contributed by atoms with Crippen LogP contribution in [0.5, 0.6) is 0 Å². The van der Waals surface area contributed by atoms with Crippen LogP contribution in [0.4, 0.5) is 16.3 Å². The maximum absolute atomic E-state index is 12.6. The first-order valence-electron chi connectivity index (χ1n) is 9.59. The molecule has 1 aromatic heterocycles. The number of nitrogens with two attached hydrogens (primary N) is 1. The fraction of sp³-hybridized carbons (Fsp3) is 0.409. The molecule has 0 aliphatic carbocycles. The quantitative estimate of drug-likeness (QED) is 0.801. The van der Waals surface area contributed by atoms with E-state index in [2.05, 4.69) is 24.1 Å². The van der Waals surface area contributed by atoms with Gasteiger partial charge in [0.25, 0.3) is 5.91 Å². The Morgan fingerprint density at radius 2 is 1.97 bits per heavy atom. The van der Waals surface area contributed by atoms with Gasteiger partial charge in [-0.05, 0) is 56.2 Å². The zero-order chi connectivity index (χ0) is 21.4. The Morgan fingerprint density at radius 3 is 2.62 bits per heavy atom. The molecule has 0 saturated heterocycles. The highest BCUT2D eigenvalue weighted by Crippen LogP contribution is 2.35. The number of benzene rings is 1. The maximum Gasteiger partial charge on any atom is 0.410 e. The lowest BCUT2D eigenvalue weighted by molar-refractivity contribution is 0.0174. The number of amides is 2. The standard InChI is InChI=1S/C22H28N4O3/c1-21(2,3)29-20(28)26-12-14-11-15(8-9-17(14)22(4,5)13-26)25-19(27)16-7-6-10-24-18(16)23/h6-11H,12-13H2,1-5H3,(H2,23,24)(H,25,27). The molecule has 0 unspecified atom stereocenters. The van der Waals surface area contributed by atoms with Crippen LogP contribution in [-0.4, -0.2) is 34.0 Å². The second-order valence-electron chi connectivity index (χ2n) is 8.98. The molecule has 0 atom stereocenters. The molecule has 2 heterocycles. The van der Waals surface area contributed by atoms with E-state index in [4.69, 9.17) is 10.5 Å². The first kappa shape index (κ1) is 20.6. The van der Waals surface area contributed by atoms with Crippen LogP contribution in [0.25, 0.3) is 0 Å². The van der Waals surface area contributed by atoms with Crippen molar-refractivity contribution in [1.82, 2.24) is 9.88 Å². The molecular weight excluding hydrogens is 368 g/mol. The van der Waals surface area contributed by atoms with E-state index in [0.29, 0.717) is 24.3 Å². The van der Waals surface area contributed by atoms with E-state index in [9.17, 15) is 9.59 Å². The molecule has 1 aliphatic rings. The van der Waals surface area contributed by atoms with Gasteiger partial charge in [-0.3, -0.25) is 4.79 Å². The van der Waals surface area contributed by atoms with Crippen LogP contribution in [0, 0.1) is 0 Å². The number of anilines is 2. The molecule has 1 aliphatic heterocycles. The van der Waals surface area contributed by atoms with Crippen LogP contribution < -0.4 is 11.1 Å². The lowest BCUT2D eigenvalue weighted by atomic mass is 9.78. The summed E-state index contributed by atoms with van der Waals surface area (Å²) in [5.41, 5.74) is 8.09. The predicted molar refractivity (Wildman–Crippen MR) is 113 cm³/mol. The highest BCUT2D eigenvalue weighted by molar-refractivity contribution is 6.07. The van der Waals surface area contributed by atoms with E-state index in [0.717, 1.165) is 11.1 Å². The topological polar surface area (TPSA) is 97.5 Å². The number of pyridine rings is 1. The third kappa shape index (κ3) is 4.67. The van der Waals surface area contributed by atoms with Gasteiger partial charge in [0.05, 0.1) is 5.56 Å². The second kappa shape index (κ2) is 7.39. The highest BCUT2D eigenvalue weighted by atomic mass is 16.6. The van der Waals surface area contributed by atoms with E-state index in [1.165, 1.54) is 0 Å². The number of nitrogen functional groups attached to an aromatic ring is 1. The summed E-state index contributed by atoms with van der Waals surface area (Å²) in [5.74, 6) is -0.144. The van der Waals surface area contributed by atoms with Crippen LogP contribution >= 0.6 is 0 Å². The minimum Gasteiger partial charge on any atom is -0.444 e. The SMILES string of the molecule is CC(C)(C)OC(=O)N1Cc2cc(NC(=O)c3cccnc3N)ccc2C(C)(C)C1. The zero-order valence-electron chi connectivity index (χ0n) is 17.6. The molecule has 2 aromatic rings. The molecule has 7 nitrogen and oxygen atoms in total. The summed E-state index contributed by atoms with van der Waals surface area (Å²) in [5, 5.41) is 2.87. The van der Waals surface area contributed by atoms with Crippen LogP contribution in [0.3, 0.4) is 0 Å². The van der Waals surface area contributed by atoms with Crippen LogP contribution in [0.15, 0.2) is 36.5 Å². The van der Waals surface area contributed by atoms with Crippen molar-refractivity contribution in [1.29, 1.82) is 0 Å². The van der Waals surface area contributed by atoms with Gasteiger partial charge in [-0.15, -0.1) is 0 Å². The summed E-state index contributed by atoms with van der Waals surface area (Å²) in [6, 6.07) is 9.07. The molecule has 1 aromatic carbocycles. The Hall–Kier alpha value is -3.09. The first-order valence-corrected chi connectivity index (χ1v) is 9.59. The Balaban J connectivity index is 1.84. The highest BCUT2D eigenvalue weighted by Gasteiger charge is 2.35. The molecule has 29 heavy (non-hydrogen) atoms. The average Bonchev–Trinajstić information content (AvgIpc) is 2.59. The van der Waals surface area contributed by atoms with Crippen molar-refractivity contribution in [3.63, 3.8) is 0 Å². The third-order valence-electron chi connectivity index (χ3n) is 4.77. The second-order valence-corrected chi connectivity index (χ2v) is 8.98. The number of fused-ring (bicyclic) bond motifs is 1. The van der Waals surface area contributed by atoms with E-state index in [1.54, 1.807) is 23.2 Å². The molecule has 7 heteroatoms. The molecule has 0 radical (unpaired) electrons. The molecule has 0 bridgehead atoms. The van der Waals surface area contributed by atoms with E-state index in [-0.39, 0.29) is 23.2 Å². The van der Waals surface area contributed by atoms with Gasteiger partial charge in [0.2, 0.25) is 0 Å². The summed E-state index contributed by atoms with van der Waals surface area (Å²) in [7, 11) is 0. The van der Waals surface area contributed by atoms with Gasteiger partial charge in [0.15, 0.2) is 0 Å². The molecule has 3 N–H and O–H groups in total. The number of rotatable bonds is 2. The van der Waals surface area contributed by atoms with E-state index >= 15 is 0 Å². The van der Waals surface area contributed by atoms with Crippen molar-refractivity contribution in [3.05, 3.63) is 53.2 Å². The Bertz CT molecular complexity index is 947. The lowest BCUT2D eigenvalue weighted by Crippen LogP contribution is -2.46. The number of hydrogen-bond acceptors (Lipinski definition) is 5. The Morgan fingerprint density at radius 1 is 1.24 bits per heavy atom. The Labute approximate surface area is 171 Å². The third-order valence-corrected chi connectivity index (χ3v) is 4.77. The van der Waals surface area contributed by atoms with Gasteiger partial charge in [-0.1, -0.05) is 19.9 Å². The molecular formula is C22H28N4O3. The molecule has 2 amide bonds. The lowest BCUT2D eigenvalue weighted by Gasteiger charge is -2.40. The number of ether oxygens (including phenoxy) is 1. The monoisotopic (exact) mass is 396 g/mol. The minimum absolute atomic E-state index is 0.181. The van der Waals surface area contributed by atoms with Crippen molar-refractivity contribution < 1.29 is 14.3 Å². The van der Waals surface area contributed by atoms with Crippen molar-refractivity contribution in [3.8, 4) is 0 Å². The van der Waals surface area contributed by atoms with Crippen LogP contribution in [-0.2, 0) is 16.7 Å². The molecule has 3 rings (SSSR count). The number of carbonyl (C=O) groups excluding carboxylic acids is 2. The number of nitrogens with zero attached hydrogens (tertiary/aromatic N) is 2. The Kier molecular flexibility index (Phi) is 5.26. The smallest absolute Gasteiger partial charge is 0.410 e. The molecule has 0 fully saturated rings. The largest absolute Gasteiger partial charge is 0.444 e. The van der Waals surface area contributed by atoms with Crippen molar-refractivity contribution in [2.45, 2.75) is 52.2 Å². The molecule has 154 valence electrons. The minimum atomic E-state index is -0.555.